The van der Waals surface area contributed by atoms with E-state index >= 15 is 0 Å². The lowest BCUT2D eigenvalue weighted by Crippen LogP contribution is -2.41. The Bertz CT molecular complexity index is 176. The van der Waals surface area contributed by atoms with Crippen molar-refractivity contribution < 1.29 is 4.79 Å². The maximum Gasteiger partial charge on any atom is 0.236 e. The molecule has 3 nitrogen and oxygen atoms in total. The molecule has 4 heteroatoms. The summed E-state index contributed by atoms with van der Waals surface area (Å²) in [6, 6.07) is 0.341. The van der Waals surface area contributed by atoms with Crippen LogP contribution >= 0.6 is 11.8 Å². The number of thioether (sulfide) groups is 1. The lowest BCUT2D eigenvalue weighted by molar-refractivity contribution is -0.130. The van der Waals surface area contributed by atoms with E-state index in [1.54, 1.807) is 0 Å². The SMILES string of the molecule is CCCNCC(=O)N(C)C(C)CCSC. The summed E-state index contributed by atoms with van der Waals surface area (Å²) < 4.78 is 0. The summed E-state index contributed by atoms with van der Waals surface area (Å²) in [6.45, 7) is 5.59. The third-order valence-corrected chi connectivity index (χ3v) is 3.14. The third kappa shape index (κ3) is 6.79. The predicted octanol–water partition coefficient (Wildman–Crippen LogP) is 1.59. The summed E-state index contributed by atoms with van der Waals surface area (Å²) in [5.74, 6) is 1.30. The van der Waals surface area contributed by atoms with E-state index in [0.717, 1.165) is 25.1 Å². The predicted molar refractivity (Wildman–Crippen MR) is 68.4 cm³/mol. The van der Waals surface area contributed by atoms with E-state index in [9.17, 15) is 4.79 Å². The maximum absolute atomic E-state index is 11.7. The van der Waals surface area contributed by atoms with Crippen LogP contribution in [0.4, 0.5) is 0 Å². The molecule has 1 N–H and O–H groups in total. The molecule has 1 unspecified atom stereocenters. The Morgan fingerprint density at radius 1 is 1.53 bits per heavy atom. The van der Waals surface area contributed by atoms with E-state index in [1.807, 2.05) is 23.7 Å². The average molecular weight is 232 g/mol. The highest BCUT2D eigenvalue weighted by Gasteiger charge is 2.14. The van der Waals surface area contributed by atoms with Crippen LogP contribution in [0.2, 0.25) is 0 Å². The topological polar surface area (TPSA) is 32.3 Å². The fourth-order valence-electron chi connectivity index (χ4n) is 1.22. The van der Waals surface area contributed by atoms with Gasteiger partial charge in [0.25, 0.3) is 0 Å². The van der Waals surface area contributed by atoms with Crippen molar-refractivity contribution in [3.8, 4) is 0 Å². The van der Waals surface area contributed by atoms with Crippen molar-refractivity contribution in [1.29, 1.82) is 0 Å². The van der Waals surface area contributed by atoms with Crippen LogP contribution in [0.1, 0.15) is 26.7 Å². The Labute approximate surface area is 98.0 Å². The van der Waals surface area contributed by atoms with Gasteiger partial charge in [0.05, 0.1) is 6.54 Å². The zero-order valence-electron chi connectivity index (χ0n) is 10.4. The number of nitrogens with one attached hydrogen (secondary N) is 1. The second-order valence-electron chi connectivity index (χ2n) is 3.81. The van der Waals surface area contributed by atoms with Crippen molar-refractivity contribution in [3.63, 3.8) is 0 Å². The average Bonchev–Trinajstić information content (AvgIpc) is 2.24. The Morgan fingerprint density at radius 2 is 2.20 bits per heavy atom. The van der Waals surface area contributed by atoms with Crippen LogP contribution in [-0.4, -0.2) is 49.0 Å². The summed E-state index contributed by atoms with van der Waals surface area (Å²) in [5, 5.41) is 3.13. The molecule has 0 aromatic carbocycles. The first kappa shape index (κ1) is 14.8. The van der Waals surface area contributed by atoms with Crippen LogP contribution in [-0.2, 0) is 4.79 Å². The Hall–Kier alpha value is -0.220. The number of likely N-dealkylation sites (N-methyl/N-ethyl adjacent to an activating group) is 1. The molecule has 0 fully saturated rings. The molecule has 0 radical (unpaired) electrons. The summed E-state index contributed by atoms with van der Waals surface area (Å²) in [5.41, 5.74) is 0. The molecule has 15 heavy (non-hydrogen) atoms. The molecule has 1 amide bonds. The van der Waals surface area contributed by atoms with Gasteiger partial charge in [-0.15, -0.1) is 0 Å². The molecule has 0 aromatic heterocycles. The fourth-order valence-corrected chi connectivity index (χ4v) is 1.80. The second kappa shape index (κ2) is 9.04. The van der Waals surface area contributed by atoms with Gasteiger partial charge in [0, 0.05) is 13.1 Å². The lowest BCUT2D eigenvalue weighted by atomic mass is 10.2. The van der Waals surface area contributed by atoms with E-state index in [2.05, 4.69) is 25.4 Å². The maximum atomic E-state index is 11.7. The van der Waals surface area contributed by atoms with Gasteiger partial charge in [-0.1, -0.05) is 6.92 Å². The lowest BCUT2D eigenvalue weighted by Gasteiger charge is -2.25. The molecule has 0 spiro atoms. The van der Waals surface area contributed by atoms with Crippen molar-refractivity contribution in [1.82, 2.24) is 10.2 Å². The molecular weight excluding hydrogens is 208 g/mol. The van der Waals surface area contributed by atoms with E-state index in [4.69, 9.17) is 0 Å². The molecule has 1 atom stereocenters. The van der Waals surface area contributed by atoms with Crippen LogP contribution in [0.3, 0.4) is 0 Å². The second-order valence-corrected chi connectivity index (χ2v) is 4.80. The highest BCUT2D eigenvalue weighted by atomic mass is 32.2. The van der Waals surface area contributed by atoms with Crippen molar-refractivity contribution in [2.24, 2.45) is 0 Å². The molecule has 0 rings (SSSR count). The minimum atomic E-state index is 0.192. The minimum Gasteiger partial charge on any atom is -0.342 e. The fraction of sp³-hybridized carbons (Fsp3) is 0.909. The number of nitrogens with zero attached hydrogens (tertiary/aromatic N) is 1. The quantitative estimate of drug-likeness (QED) is 0.645. The van der Waals surface area contributed by atoms with Gasteiger partial charge in [0.1, 0.15) is 0 Å². The largest absolute Gasteiger partial charge is 0.342 e. The normalized spacial score (nSPS) is 12.5. The van der Waals surface area contributed by atoms with Crippen LogP contribution < -0.4 is 5.32 Å². The van der Waals surface area contributed by atoms with Gasteiger partial charge >= 0.3 is 0 Å². The number of hydrogen-bond donors (Lipinski definition) is 1. The molecule has 90 valence electrons. The van der Waals surface area contributed by atoms with Crippen molar-refractivity contribution >= 4 is 17.7 Å². The Kier molecular flexibility index (Phi) is 8.91. The molecular formula is C11H24N2OS. The van der Waals surface area contributed by atoms with E-state index in [1.165, 1.54) is 0 Å². The van der Waals surface area contributed by atoms with E-state index in [-0.39, 0.29) is 5.91 Å². The van der Waals surface area contributed by atoms with Gasteiger partial charge in [0.15, 0.2) is 0 Å². The molecule has 0 saturated heterocycles. The van der Waals surface area contributed by atoms with Gasteiger partial charge in [-0.25, -0.2) is 0 Å². The highest BCUT2D eigenvalue weighted by Crippen LogP contribution is 2.05. The van der Waals surface area contributed by atoms with Gasteiger partial charge in [-0.3, -0.25) is 4.79 Å². The first-order valence-corrected chi connectivity index (χ1v) is 6.98. The van der Waals surface area contributed by atoms with Crippen LogP contribution in [0.5, 0.6) is 0 Å². The van der Waals surface area contributed by atoms with Gasteiger partial charge in [-0.2, -0.15) is 11.8 Å². The van der Waals surface area contributed by atoms with E-state index < -0.39 is 0 Å². The monoisotopic (exact) mass is 232 g/mol. The highest BCUT2D eigenvalue weighted by molar-refractivity contribution is 7.98. The smallest absolute Gasteiger partial charge is 0.236 e. The summed E-state index contributed by atoms with van der Waals surface area (Å²) in [7, 11) is 1.89. The molecule has 0 aromatic rings. The van der Waals surface area contributed by atoms with Crippen LogP contribution in [0.25, 0.3) is 0 Å². The van der Waals surface area contributed by atoms with Gasteiger partial charge in [0.2, 0.25) is 5.91 Å². The first-order valence-electron chi connectivity index (χ1n) is 5.58. The number of amides is 1. The molecule has 0 aliphatic rings. The Balaban J connectivity index is 3.75. The number of rotatable bonds is 8. The van der Waals surface area contributed by atoms with Crippen LogP contribution in [0, 0.1) is 0 Å². The van der Waals surface area contributed by atoms with Crippen LogP contribution in [0.15, 0.2) is 0 Å². The summed E-state index contributed by atoms with van der Waals surface area (Å²) in [6.07, 6.45) is 4.23. The minimum absolute atomic E-state index is 0.192. The Morgan fingerprint density at radius 3 is 2.73 bits per heavy atom. The number of carbonyl (C=O) groups excluding carboxylic acids is 1. The molecule has 0 aliphatic heterocycles. The zero-order chi connectivity index (χ0) is 11.7. The number of hydrogen-bond acceptors (Lipinski definition) is 3. The standard InChI is InChI=1S/C11H24N2OS/c1-5-7-12-9-11(14)13(3)10(2)6-8-15-4/h10,12H,5-9H2,1-4H3. The van der Waals surface area contributed by atoms with Crippen molar-refractivity contribution in [3.05, 3.63) is 0 Å². The molecule has 0 heterocycles. The van der Waals surface area contributed by atoms with Crippen molar-refractivity contribution in [2.45, 2.75) is 32.7 Å². The molecule has 0 saturated carbocycles. The molecule has 0 bridgehead atoms. The van der Waals surface area contributed by atoms with Gasteiger partial charge < -0.3 is 10.2 Å². The zero-order valence-corrected chi connectivity index (χ0v) is 11.2. The number of carbonyl (C=O) groups is 1. The van der Waals surface area contributed by atoms with Crippen molar-refractivity contribution in [2.75, 3.05) is 32.1 Å². The van der Waals surface area contributed by atoms with E-state index in [0.29, 0.717) is 12.6 Å². The molecule has 0 aliphatic carbocycles. The summed E-state index contributed by atoms with van der Waals surface area (Å²) in [4.78, 5) is 13.5. The third-order valence-electron chi connectivity index (χ3n) is 2.50. The first-order chi connectivity index (χ1) is 7.13. The summed E-state index contributed by atoms with van der Waals surface area (Å²) >= 11 is 1.83. The van der Waals surface area contributed by atoms with Gasteiger partial charge in [-0.05, 0) is 38.3 Å².